The Morgan fingerprint density at radius 1 is 1.17 bits per heavy atom. The van der Waals surface area contributed by atoms with Gasteiger partial charge in [0.1, 0.15) is 38.0 Å². The molecule has 1 atom stereocenters. The van der Waals surface area contributed by atoms with E-state index in [9.17, 15) is 46.2 Å². The van der Waals surface area contributed by atoms with Crippen molar-refractivity contribution in [2.45, 2.75) is 38.6 Å². The summed E-state index contributed by atoms with van der Waals surface area (Å²) in [5, 5.41) is 7.80. The van der Waals surface area contributed by atoms with E-state index in [2.05, 4.69) is 4.98 Å². The molecule has 0 bridgehead atoms. The van der Waals surface area contributed by atoms with Crippen LogP contribution in [0.25, 0.3) is 10.2 Å². The smallest absolute Gasteiger partial charge is 0.418 e. The molecule has 1 saturated heterocycles. The molecular formula is C25H20ClF5N4O6S. The van der Waals surface area contributed by atoms with Gasteiger partial charge in [-0.3, -0.25) is 9.69 Å². The highest BCUT2D eigenvalue weighted by molar-refractivity contribution is 7.20. The van der Waals surface area contributed by atoms with Crippen LogP contribution in [0.1, 0.15) is 36.0 Å². The van der Waals surface area contributed by atoms with Crippen LogP contribution in [-0.4, -0.2) is 64.2 Å². The average Bonchev–Trinajstić information content (AvgIpc) is 3.45. The topological polar surface area (TPSA) is 120 Å². The summed E-state index contributed by atoms with van der Waals surface area (Å²) < 4.78 is 75.9. The van der Waals surface area contributed by atoms with Gasteiger partial charge in [0.15, 0.2) is 5.82 Å². The van der Waals surface area contributed by atoms with Crippen LogP contribution in [0.4, 0.5) is 43.0 Å². The number of hydrogen-bond donors (Lipinski definition) is 1. The zero-order valence-electron chi connectivity index (χ0n) is 22.0. The lowest BCUT2D eigenvalue weighted by molar-refractivity contribution is -0.136. The first-order valence-electron chi connectivity index (χ1n) is 11.8. The van der Waals surface area contributed by atoms with E-state index in [1.165, 1.54) is 20.8 Å². The molecule has 1 aliphatic heterocycles. The van der Waals surface area contributed by atoms with Crippen molar-refractivity contribution >= 4 is 68.7 Å². The molecule has 3 aromatic rings. The number of imide groups is 1. The predicted molar refractivity (Wildman–Crippen MR) is 141 cm³/mol. The number of carbonyl (C=O) groups is 4. The number of halogens is 6. The fraction of sp³-hybridized carbons (Fsp3) is 0.320. The minimum absolute atomic E-state index is 0.394. The molecule has 1 aromatic carbocycles. The van der Waals surface area contributed by atoms with Crippen molar-refractivity contribution < 1.29 is 51.0 Å². The van der Waals surface area contributed by atoms with Gasteiger partial charge in [-0.05, 0) is 45.0 Å². The van der Waals surface area contributed by atoms with Gasteiger partial charge in [-0.15, -0.1) is 11.3 Å². The lowest BCUT2D eigenvalue weighted by atomic mass is 10.1. The molecule has 0 spiro atoms. The standard InChI is InChI=1S/C25H20ClF5N4O6S/c1-24(2,3)41-23(40)34-9-14(20(36)33(4)13-6-5-12(27)17(26)18(13)28)35(22(34)39)16-8-11(25(29,30)31)10-7-15(21(37)38)42-19(10)32-16/h5-8,14H,9H2,1-4H3,(H,37,38). The summed E-state index contributed by atoms with van der Waals surface area (Å²) in [5.41, 5.74) is -3.00. The van der Waals surface area contributed by atoms with E-state index in [0.717, 1.165) is 25.2 Å². The molecule has 1 unspecified atom stereocenters. The summed E-state index contributed by atoms with van der Waals surface area (Å²) in [5.74, 6) is -5.82. The van der Waals surface area contributed by atoms with E-state index in [-0.39, 0.29) is 0 Å². The van der Waals surface area contributed by atoms with Crippen molar-refractivity contribution in [2.75, 3.05) is 23.4 Å². The second-order valence-electron chi connectivity index (χ2n) is 10.0. The van der Waals surface area contributed by atoms with Crippen molar-refractivity contribution in [3.8, 4) is 0 Å². The highest BCUT2D eigenvalue weighted by Gasteiger charge is 2.49. The van der Waals surface area contributed by atoms with E-state index in [0.29, 0.717) is 32.1 Å². The maximum absolute atomic E-state index is 14.8. The summed E-state index contributed by atoms with van der Waals surface area (Å²) in [6.07, 6.45) is -6.28. The zero-order valence-corrected chi connectivity index (χ0v) is 23.6. The summed E-state index contributed by atoms with van der Waals surface area (Å²) in [4.78, 5) is 56.2. The van der Waals surface area contributed by atoms with Crippen molar-refractivity contribution in [2.24, 2.45) is 0 Å². The summed E-state index contributed by atoms with van der Waals surface area (Å²) in [7, 11) is 1.05. The number of carboxylic acid groups (broad SMARTS) is 1. The number of aromatic carboxylic acids is 1. The third-order valence-corrected chi connectivity index (χ3v) is 7.33. The SMILES string of the molecule is CN(C(=O)C1CN(C(=O)OC(C)(C)C)C(=O)N1c1cc(C(F)(F)F)c2cc(C(=O)O)sc2n1)c1ccc(F)c(Cl)c1F. The first-order chi connectivity index (χ1) is 19.3. The number of hydrogen-bond acceptors (Lipinski definition) is 7. The largest absolute Gasteiger partial charge is 0.477 e. The Bertz CT molecular complexity index is 1640. The number of thiophene rings is 1. The third kappa shape index (κ3) is 5.68. The molecule has 1 fully saturated rings. The van der Waals surface area contributed by atoms with Crippen LogP contribution >= 0.6 is 22.9 Å². The lowest BCUT2D eigenvalue weighted by Crippen LogP contribution is -2.47. The number of benzene rings is 1. The zero-order chi connectivity index (χ0) is 31.5. The Morgan fingerprint density at radius 2 is 1.81 bits per heavy atom. The molecule has 0 radical (unpaired) electrons. The van der Waals surface area contributed by atoms with Gasteiger partial charge >= 0.3 is 24.3 Å². The molecule has 3 heterocycles. The number of rotatable bonds is 4. The molecule has 1 aliphatic rings. The molecular weight excluding hydrogens is 615 g/mol. The van der Waals surface area contributed by atoms with Crippen LogP contribution in [0.15, 0.2) is 24.3 Å². The van der Waals surface area contributed by atoms with Crippen molar-refractivity contribution in [3.05, 3.63) is 51.4 Å². The number of urea groups is 1. The van der Waals surface area contributed by atoms with E-state index < -0.39 is 97.2 Å². The number of amides is 4. The molecule has 4 rings (SSSR count). The first kappa shape index (κ1) is 30.9. The Hall–Kier alpha value is -4.05. The normalized spacial score (nSPS) is 15.9. The predicted octanol–water partition coefficient (Wildman–Crippen LogP) is 6.15. The summed E-state index contributed by atoms with van der Waals surface area (Å²) in [6.45, 7) is 3.72. The van der Waals surface area contributed by atoms with E-state index in [1.807, 2.05) is 0 Å². The van der Waals surface area contributed by atoms with Gasteiger partial charge in [-0.25, -0.2) is 33.0 Å². The maximum Gasteiger partial charge on any atom is 0.418 e. The van der Waals surface area contributed by atoms with Crippen LogP contribution < -0.4 is 9.80 Å². The minimum Gasteiger partial charge on any atom is -0.477 e. The Kier molecular flexibility index (Phi) is 7.84. The number of pyridine rings is 1. The molecule has 17 heteroatoms. The first-order valence-corrected chi connectivity index (χ1v) is 13.0. The number of anilines is 2. The van der Waals surface area contributed by atoms with Crippen molar-refractivity contribution in [1.29, 1.82) is 0 Å². The number of alkyl halides is 3. The van der Waals surface area contributed by atoms with Gasteiger partial charge in [0, 0.05) is 12.4 Å². The maximum atomic E-state index is 14.8. The number of nitrogens with zero attached hydrogens (tertiary/aromatic N) is 4. The number of carbonyl (C=O) groups excluding carboxylic acids is 3. The Morgan fingerprint density at radius 3 is 2.38 bits per heavy atom. The van der Waals surface area contributed by atoms with E-state index in [4.69, 9.17) is 16.3 Å². The van der Waals surface area contributed by atoms with Gasteiger partial charge in [-0.2, -0.15) is 13.2 Å². The third-order valence-electron chi connectivity index (χ3n) is 5.97. The van der Waals surface area contributed by atoms with Crippen LogP contribution in [0.3, 0.4) is 0 Å². The summed E-state index contributed by atoms with van der Waals surface area (Å²) in [6, 6.07) is -0.194. The fourth-order valence-corrected chi connectivity index (χ4v) is 5.14. The van der Waals surface area contributed by atoms with Crippen molar-refractivity contribution in [3.63, 3.8) is 0 Å². The second kappa shape index (κ2) is 10.7. The molecule has 224 valence electrons. The number of aromatic nitrogens is 1. The molecule has 0 saturated carbocycles. The number of fused-ring (bicyclic) bond motifs is 1. The number of carboxylic acids is 1. The van der Waals surface area contributed by atoms with E-state index >= 15 is 0 Å². The molecule has 2 aromatic heterocycles. The van der Waals surface area contributed by atoms with Gasteiger partial charge < -0.3 is 14.7 Å². The number of likely N-dealkylation sites (N-methyl/N-ethyl adjacent to an activating group) is 1. The van der Waals surface area contributed by atoms with Gasteiger partial charge in [0.25, 0.3) is 5.91 Å². The molecule has 10 nitrogen and oxygen atoms in total. The van der Waals surface area contributed by atoms with Gasteiger partial charge in [0.2, 0.25) is 0 Å². The van der Waals surface area contributed by atoms with Crippen LogP contribution in [0.5, 0.6) is 0 Å². The molecule has 1 N–H and O–H groups in total. The van der Waals surface area contributed by atoms with E-state index in [1.54, 1.807) is 0 Å². The summed E-state index contributed by atoms with van der Waals surface area (Å²) >= 11 is 6.02. The minimum atomic E-state index is -5.05. The highest BCUT2D eigenvalue weighted by atomic mass is 35.5. The van der Waals surface area contributed by atoms with Crippen LogP contribution in [-0.2, 0) is 15.7 Å². The molecule has 42 heavy (non-hydrogen) atoms. The van der Waals surface area contributed by atoms with Gasteiger partial charge in [-0.1, -0.05) is 11.6 Å². The second-order valence-corrected chi connectivity index (χ2v) is 11.4. The molecule has 4 amide bonds. The Labute approximate surface area is 242 Å². The van der Waals surface area contributed by atoms with Crippen LogP contribution in [0.2, 0.25) is 5.02 Å². The molecule has 0 aliphatic carbocycles. The van der Waals surface area contributed by atoms with Crippen LogP contribution in [0, 0.1) is 11.6 Å². The lowest BCUT2D eigenvalue weighted by Gasteiger charge is -2.27. The quantitative estimate of drug-likeness (QED) is 0.270. The average molecular weight is 635 g/mol. The highest BCUT2D eigenvalue weighted by Crippen LogP contribution is 2.41. The monoisotopic (exact) mass is 634 g/mol. The number of ether oxygens (including phenoxy) is 1. The fourth-order valence-electron chi connectivity index (χ4n) is 4.09. The van der Waals surface area contributed by atoms with Gasteiger partial charge in [0.05, 0.1) is 17.8 Å². The van der Waals surface area contributed by atoms with Crippen molar-refractivity contribution in [1.82, 2.24) is 9.88 Å². The Balaban J connectivity index is 1.88.